The van der Waals surface area contributed by atoms with Crippen LogP contribution < -0.4 is 10.2 Å². The molecular formula is C22H25N2O2+. The number of rotatable bonds is 5. The first-order valence-corrected chi connectivity index (χ1v) is 9.46. The molecule has 2 N–H and O–H groups in total. The Kier molecular flexibility index (Phi) is 5.02. The highest BCUT2D eigenvalue weighted by Crippen LogP contribution is 2.16. The molecule has 4 nitrogen and oxygen atoms in total. The smallest absolute Gasteiger partial charge is 0.251 e. The summed E-state index contributed by atoms with van der Waals surface area (Å²) in [5, 5.41) is 5.37. The Morgan fingerprint density at radius 3 is 2.58 bits per heavy atom. The van der Waals surface area contributed by atoms with Crippen molar-refractivity contribution in [1.29, 1.82) is 0 Å². The first kappa shape index (κ1) is 16.9. The summed E-state index contributed by atoms with van der Waals surface area (Å²) in [5.41, 5.74) is 0.704. The predicted molar refractivity (Wildman–Crippen MR) is 102 cm³/mol. The van der Waals surface area contributed by atoms with E-state index in [4.69, 9.17) is 4.42 Å². The molecule has 2 heterocycles. The van der Waals surface area contributed by atoms with Gasteiger partial charge in [-0.2, -0.15) is 0 Å². The monoisotopic (exact) mass is 349 g/mol. The van der Waals surface area contributed by atoms with Gasteiger partial charge >= 0.3 is 0 Å². The number of amides is 1. The molecule has 2 aromatic carbocycles. The minimum atomic E-state index is -0.0243. The van der Waals surface area contributed by atoms with Gasteiger partial charge < -0.3 is 14.6 Å². The number of likely N-dealkylation sites (tertiary alicyclic amines) is 1. The van der Waals surface area contributed by atoms with Gasteiger partial charge in [0.2, 0.25) is 0 Å². The molecular weight excluding hydrogens is 324 g/mol. The third-order valence-electron chi connectivity index (χ3n) is 5.35. The molecule has 4 heteroatoms. The van der Waals surface area contributed by atoms with E-state index < -0.39 is 0 Å². The third kappa shape index (κ3) is 3.65. The van der Waals surface area contributed by atoms with E-state index in [-0.39, 0.29) is 11.9 Å². The van der Waals surface area contributed by atoms with Crippen molar-refractivity contribution in [3.05, 3.63) is 72.2 Å². The molecule has 0 unspecified atom stereocenters. The Balaban J connectivity index is 1.48. The number of furan rings is 1. The van der Waals surface area contributed by atoms with Crippen molar-refractivity contribution in [3.8, 4) is 0 Å². The maximum absolute atomic E-state index is 12.7. The van der Waals surface area contributed by atoms with Crippen LogP contribution in [0.4, 0.5) is 0 Å². The zero-order chi connectivity index (χ0) is 17.8. The number of hydrogen-bond acceptors (Lipinski definition) is 2. The van der Waals surface area contributed by atoms with Gasteiger partial charge in [-0.1, -0.05) is 30.3 Å². The second-order valence-electron chi connectivity index (χ2n) is 7.06. The Bertz CT molecular complexity index is 867. The van der Waals surface area contributed by atoms with Gasteiger partial charge in [0.1, 0.15) is 0 Å². The number of fused-ring (bicyclic) bond motifs is 1. The van der Waals surface area contributed by atoms with E-state index in [0.717, 1.165) is 29.6 Å². The molecule has 0 radical (unpaired) electrons. The Hall–Kier alpha value is -2.59. The predicted octanol–water partition coefficient (Wildman–Crippen LogP) is 2.97. The number of carbonyl (C=O) groups is 1. The fourth-order valence-electron chi connectivity index (χ4n) is 3.92. The van der Waals surface area contributed by atoms with Crippen LogP contribution in [0.15, 0.2) is 65.3 Å². The summed E-state index contributed by atoms with van der Waals surface area (Å²) in [7, 11) is 0. The standard InChI is InChI=1S/C22H24N2O2/c25-22(19-11-10-17-7-2-3-8-18(17)15-19)23-16-20(21-9-6-14-26-21)24-12-4-1-5-13-24/h2-3,6-11,14-15,20H,1,4-5,12-13,16H2,(H,23,25)/p+1/t20-/m0/s1. The number of piperidine rings is 1. The minimum Gasteiger partial charge on any atom is -0.463 e. The molecule has 1 fully saturated rings. The third-order valence-corrected chi connectivity index (χ3v) is 5.35. The molecule has 0 bridgehead atoms. The van der Waals surface area contributed by atoms with E-state index in [1.165, 1.54) is 24.2 Å². The van der Waals surface area contributed by atoms with Crippen LogP contribution in [0.3, 0.4) is 0 Å². The molecule has 1 aromatic heterocycles. The Labute approximate surface area is 153 Å². The maximum Gasteiger partial charge on any atom is 0.251 e. The van der Waals surface area contributed by atoms with Crippen LogP contribution in [0.25, 0.3) is 10.8 Å². The molecule has 4 rings (SSSR count). The SMILES string of the molecule is O=C(NC[C@@H](c1ccco1)[NH+]1CCCCC1)c1ccc2ccccc2c1. The molecule has 0 spiro atoms. The first-order valence-electron chi connectivity index (χ1n) is 9.46. The van der Waals surface area contributed by atoms with Gasteiger partial charge in [-0.05, 0) is 54.3 Å². The highest BCUT2D eigenvalue weighted by atomic mass is 16.3. The van der Waals surface area contributed by atoms with E-state index in [2.05, 4.69) is 11.4 Å². The van der Waals surface area contributed by atoms with Crippen molar-refractivity contribution >= 4 is 16.7 Å². The highest BCUT2D eigenvalue weighted by molar-refractivity contribution is 5.98. The molecule has 3 aromatic rings. The Morgan fingerprint density at radius 2 is 1.81 bits per heavy atom. The summed E-state index contributed by atoms with van der Waals surface area (Å²) in [5.74, 6) is 0.935. The lowest BCUT2D eigenvalue weighted by Crippen LogP contribution is -3.13. The van der Waals surface area contributed by atoms with Crippen LogP contribution in [-0.2, 0) is 0 Å². The molecule has 1 aliphatic heterocycles. The number of benzene rings is 2. The molecule has 0 aliphatic carbocycles. The summed E-state index contributed by atoms with van der Waals surface area (Å²) in [6, 6.07) is 18.1. The van der Waals surface area contributed by atoms with Crippen molar-refractivity contribution in [2.75, 3.05) is 19.6 Å². The van der Waals surface area contributed by atoms with E-state index in [1.54, 1.807) is 6.26 Å². The minimum absolute atomic E-state index is 0.0243. The number of nitrogens with one attached hydrogen (secondary N) is 2. The Morgan fingerprint density at radius 1 is 1.00 bits per heavy atom. The highest BCUT2D eigenvalue weighted by Gasteiger charge is 2.28. The lowest BCUT2D eigenvalue weighted by Gasteiger charge is -2.30. The van der Waals surface area contributed by atoms with Crippen LogP contribution in [0.2, 0.25) is 0 Å². The van der Waals surface area contributed by atoms with Gasteiger partial charge in [0.15, 0.2) is 11.8 Å². The lowest BCUT2D eigenvalue weighted by molar-refractivity contribution is -0.936. The van der Waals surface area contributed by atoms with E-state index in [1.807, 2.05) is 48.5 Å². The van der Waals surface area contributed by atoms with Crippen molar-refractivity contribution in [3.63, 3.8) is 0 Å². The van der Waals surface area contributed by atoms with Crippen LogP contribution in [0, 0.1) is 0 Å². The molecule has 134 valence electrons. The molecule has 1 amide bonds. The topological polar surface area (TPSA) is 46.7 Å². The first-order chi connectivity index (χ1) is 12.8. The summed E-state index contributed by atoms with van der Waals surface area (Å²) < 4.78 is 5.67. The molecule has 0 saturated carbocycles. The van der Waals surface area contributed by atoms with Crippen LogP contribution >= 0.6 is 0 Å². The average Bonchev–Trinajstić information content (AvgIpc) is 3.23. The van der Waals surface area contributed by atoms with Crippen LogP contribution in [0.5, 0.6) is 0 Å². The van der Waals surface area contributed by atoms with Crippen LogP contribution in [-0.4, -0.2) is 25.5 Å². The van der Waals surface area contributed by atoms with Crippen molar-refractivity contribution in [2.45, 2.75) is 25.3 Å². The quantitative estimate of drug-likeness (QED) is 0.744. The summed E-state index contributed by atoms with van der Waals surface area (Å²) in [6.45, 7) is 2.86. The molecule has 1 saturated heterocycles. The molecule has 26 heavy (non-hydrogen) atoms. The van der Waals surface area contributed by atoms with Gasteiger partial charge in [-0.3, -0.25) is 4.79 Å². The zero-order valence-electron chi connectivity index (χ0n) is 14.9. The fourth-order valence-corrected chi connectivity index (χ4v) is 3.92. The van der Waals surface area contributed by atoms with E-state index >= 15 is 0 Å². The largest absolute Gasteiger partial charge is 0.463 e. The van der Waals surface area contributed by atoms with Gasteiger partial charge in [0.05, 0.1) is 25.9 Å². The van der Waals surface area contributed by atoms with E-state index in [9.17, 15) is 4.79 Å². The maximum atomic E-state index is 12.7. The van der Waals surface area contributed by atoms with Crippen molar-refractivity contribution < 1.29 is 14.1 Å². The van der Waals surface area contributed by atoms with Crippen molar-refractivity contribution in [2.24, 2.45) is 0 Å². The second kappa shape index (κ2) is 7.75. The molecule has 1 atom stereocenters. The van der Waals surface area contributed by atoms with Gasteiger partial charge in [0.25, 0.3) is 5.91 Å². The summed E-state index contributed by atoms with van der Waals surface area (Å²) >= 11 is 0. The zero-order valence-corrected chi connectivity index (χ0v) is 14.9. The summed E-state index contributed by atoms with van der Waals surface area (Å²) in [6.07, 6.45) is 5.50. The molecule has 1 aliphatic rings. The van der Waals surface area contributed by atoms with Crippen molar-refractivity contribution in [1.82, 2.24) is 5.32 Å². The average molecular weight is 349 g/mol. The normalized spacial score (nSPS) is 16.5. The fraction of sp³-hybridized carbons (Fsp3) is 0.318. The summed E-state index contributed by atoms with van der Waals surface area (Å²) in [4.78, 5) is 14.2. The number of carbonyl (C=O) groups excluding carboxylic acids is 1. The van der Waals surface area contributed by atoms with Gasteiger partial charge in [-0.25, -0.2) is 0 Å². The van der Waals surface area contributed by atoms with Gasteiger partial charge in [-0.15, -0.1) is 0 Å². The lowest BCUT2D eigenvalue weighted by atomic mass is 10.1. The van der Waals surface area contributed by atoms with Gasteiger partial charge in [0, 0.05) is 5.56 Å². The second-order valence-corrected chi connectivity index (χ2v) is 7.06. The van der Waals surface area contributed by atoms with Crippen LogP contribution in [0.1, 0.15) is 41.4 Å². The van der Waals surface area contributed by atoms with E-state index in [0.29, 0.717) is 12.1 Å². The number of hydrogen-bond donors (Lipinski definition) is 2. The number of quaternary nitrogens is 1.